The van der Waals surface area contributed by atoms with Crippen molar-refractivity contribution in [3.8, 4) is 5.75 Å². The molecule has 1 unspecified atom stereocenters. The molecule has 1 aliphatic rings. The number of aromatic nitrogens is 1. The summed E-state index contributed by atoms with van der Waals surface area (Å²) in [6.07, 6.45) is 0. The van der Waals surface area contributed by atoms with Crippen molar-refractivity contribution in [3.05, 3.63) is 65.4 Å². The van der Waals surface area contributed by atoms with E-state index in [9.17, 15) is 4.79 Å². The Morgan fingerprint density at radius 2 is 1.90 bits per heavy atom. The van der Waals surface area contributed by atoms with Crippen LogP contribution in [0.4, 0.5) is 0 Å². The maximum atomic E-state index is 13.1. The van der Waals surface area contributed by atoms with Crippen LogP contribution in [0.1, 0.15) is 27.7 Å². The average Bonchev–Trinajstić information content (AvgIpc) is 3.10. The van der Waals surface area contributed by atoms with Crippen molar-refractivity contribution in [3.63, 3.8) is 0 Å². The van der Waals surface area contributed by atoms with Gasteiger partial charge >= 0.3 is 0 Å². The first-order valence-corrected chi connectivity index (χ1v) is 9.98. The van der Waals surface area contributed by atoms with Crippen LogP contribution in [0, 0.1) is 6.92 Å². The summed E-state index contributed by atoms with van der Waals surface area (Å²) in [6, 6.07) is 16.1. The fourth-order valence-electron chi connectivity index (χ4n) is 4.02. The first-order valence-electron chi connectivity index (χ1n) is 9.98. The molecular weight excluding hydrogens is 366 g/mol. The largest absolute Gasteiger partial charge is 0.497 e. The number of hydrogen-bond donors (Lipinski definition) is 2. The van der Waals surface area contributed by atoms with E-state index < -0.39 is 0 Å². The van der Waals surface area contributed by atoms with E-state index in [-0.39, 0.29) is 11.9 Å². The van der Waals surface area contributed by atoms with Crippen LogP contribution in [-0.2, 0) is 4.74 Å². The first kappa shape index (κ1) is 19.5. The molecule has 4 rings (SSSR count). The van der Waals surface area contributed by atoms with Gasteiger partial charge in [-0.25, -0.2) is 0 Å². The van der Waals surface area contributed by atoms with Crippen molar-refractivity contribution in [1.82, 2.24) is 15.2 Å². The minimum atomic E-state index is -0.0493. The van der Waals surface area contributed by atoms with Gasteiger partial charge in [0.1, 0.15) is 5.75 Å². The van der Waals surface area contributed by atoms with Crippen LogP contribution in [-0.4, -0.2) is 55.7 Å². The number of hydrogen-bond acceptors (Lipinski definition) is 4. The van der Waals surface area contributed by atoms with E-state index in [4.69, 9.17) is 9.47 Å². The lowest BCUT2D eigenvalue weighted by Crippen LogP contribution is -2.43. The third-order valence-corrected chi connectivity index (χ3v) is 5.56. The van der Waals surface area contributed by atoms with Gasteiger partial charge in [0.25, 0.3) is 5.91 Å². The van der Waals surface area contributed by atoms with E-state index in [1.807, 2.05) is 43.3 Å². The summed E-state index contributed by atoms with van der Waals surface area (Å²) in [4.78, 5) is 18.7. The number of nitrogens with one attached hydrogen (secondary N) is 2. The number of aromatic amines is 1. The van der Waals surface area contributed by atoms with Gasteiger partial charge in [-0.15, -0.1) is 0 Å². The summed E-state index contributed by atoms with van der Waals surface area (Å²) in [7, 11) is 1.66. The highest BCUT2D eigenvalue weighted by Crippen LogP contribution is 2.25. The molecular formula is C23H27N3O3. The van der Waals surface area contributed by atoms with Gasteiger partial charge in [-0.3, -0.25) is 9.69 Å². The Labute approximate surface area is 170 Å². The monoisotopic (exact) mass is 393 g/mol. The highest BCUT2D eigenvalue weighted by Gasteiger charge is 2.24. The zero-order chi connectivity index (χ0) is 20.2. The molecule has 0 aliphatic carbocycles. The van der Waals surface area contributed by atoms with E-state index in [0.717, 1.165) is 46.6 Å². The van der Waals surface area contributed by atoms with Crippen LogP contribution in [0.3, 0.4) is 0 Å². The molecule has 0 saturated carbocycles. The van der Waals surface area contributed by atoms with Gasteiger partial charge in [-0.1, -0.05) is 30.3 Å². The third-order valence-electron chi connectivity index (χ3n) is 5.56. The number of nitrogens with zero attached hydrogens (tertiary/aromatic N) is 1. The molecule has 1 amide bonds. The summed E-state index contributed by atoms with van der Waals surface area (Å²) in [6.45, 7) is 5.59. The fourth-order valence-corrected chi connectivity index (χ4v) is 4.02. The van der Waals surface area contributed by atoms with Crippen molar-refractivity contribution in [2.24, 2.45) is 0 Å². The molecule has 2 N–H and O–H groups in total. The molecule has 152 valence electrons. The fraction of sp³-hybridized carbons (Fsp3) is 0.348. The topological polar surface area (TPSA) is 66.6 Å². The van der Waals surface area contributed by atoms with Crippen LogP contribution < -0.4 is 10.1 Å². The molecule has 29 heavy (non-hydrogen) atoms. The molecule has 1 saturated heterocycles. The Balaban J connectivity index is 1.55. The number of fused-ring (bicyclic) bond motifs is 1. The van der Waals surface area contributed by atoms with E-state index >= 15 is 0 Å². The number of rotatable bonds is 6. The number of ether oxygens (including phenoxy) is 2. The number of morpholine rings is 1. The van der Waals surface area contributed by atoms with Crippen molar-refractivity contribution >= 4 is 16.8 Å². The first-order chi connectivity index (χ1) is 14.2. The SMILES string of the molecule is COc1ccc(C(CNC(=O)c2c(C)[nH]c3ccccc23)N2CCOCC2)cc1. The number of H-pyrrole nitrogens is 1. The van der Waals surface area contributed by atoms with Gasteiger partial charge < -0.3 is 19.8 Å². The zero-order valence-electron chi connectivity index (χ0n) is 16.9. The van der Waals surface area contributed by atoms with Gasteiger partial charge in [0.05, 0.1) is 31.9 Å². The number of amides is 1. The normalized spacial score (nSPS) is 15.9. The summed E-state index contributed by atoms with van der Waals surface area (Å²) < 4.78 is 10.8. The quantitative estimate of drug-likeness (QED) is 0.674. The summed E-state index contributed by atoms with van der Waals surface area (Å²) in [5, 5.41) is 4.12. The van der Waals surface area contributed by atoms with Crippen LogP contribution in [0.15, 0.2) is 48.5 Å². The average molecular weight is 393 g/mol. The van der Waals surface area contributed by atoms with Gasteiger partial charge in [0.15, 0.2) is 0 Å². The second kappa shape index (κ2) is 8.68. The van der Waals surface area contributed by atoms with Crippen molar-refractivity contribution in [2.45, 2.75) is 13.0 Å². The molecule has 0 spiro atoms. The summed E-state index contributed by atoms with van der Waals surface area (Å²) in [5.74, 6) is 0.777. The maximum Gasteiger partial charge on any atom is 0.253 e. The molecule has 1 aromatic heterocycles. The molecule has 0 bridgehead atoms. The molecule has 2 aromatic carbocycles. The van der Waals surface area contributed by atoms with Crippen molar-refractivity contribution < 1.29 is 14.3 Å². The molecule has 6 heteroatoms. The highest BCUT2D eigenvalue weighted by molar-refractivity contribution is 6.08. The third kappa shape index (κ3) is 4.13. The number of carbonyl (C=O) groups excluding carboxylic acids is 1. The number of carbonyl (C=O) groups is 1. The second-order valence-electron chi connectivity index (χ2n) is 7.32. The predicted octanol–water partition coefficient (Wildman–Crippen LogP) is 3.29. The summed E-state index contributed by atoms with van der Waals surface area (Å²) in [5.41, 5.74) is 3.74. The predicted molar refractivity (Wildman–Crippen MR) is 113 cm³/mol. The highest BCUT2D eigenvalue weighted by atomic mass is 16.5. The lowest BCUT2D eigenvalue weighted by atomic mass is 10.0. The van der Waals surface area contributed by atoms with E-state index in [1.54, 1.807) is 7.11 Å². The standard InChI is InChI=1S/C23H27N3O3/c1-16-22(19-5-3-4-6-20(19)25-16)23(27)24-15-21(26-11-13-29-14-12-26)17-7-9-18(28-2)10-8-17/h3-10,21,25H,11-15H2,1-2H3,(H,24,27). The molecule has 1 atom stereocenters. The Morgan fingerprint density at radius 1 is 1.17 bits per heavy atom. The zero-order valence-corrected chi connectivity index (χ0v) is 16.9. The lowest BCUT2D eigenvalue weighted by molar-refractivity contribution is 0.0162. The lowest BCUT2D eigenvalue weighted by Gasteiger charge is -2.35. The van der Waals surface area contributed by atoms with Crippen LogP contribution in [0.2, 0.25) is 0 Å². The van der Waals surface area contributed by atoms with Crippen LogP contribution in [0.25, 0.3) is 10.9 Å². The van der Waals surface area contributed by atoms with E-state index in [1.165, 1.54) is 0 Å². The Hall–Kier alpha value is -2.83. The summed E-state index contributed by atoms with van der Waals surface area (Å²) >= 11 is 0. The molecule has 3 aromatic rings. The Bertz CT molecular complexity index is 975. The van der Waals surface area contributed by atoms with Gasteiger partial charge in [0, 0.05) is 36.2 Å². The Morgan fingerprint density at radius 3 is 2.62 bits per heavy atom. The molecule has 1 aliphatic heterocycles. The maximum absolute atomic E-state index is 13.1. The molecule has 2 heterocycles. The minimum Gasteiger partial charge on any atom is -0.497 e. The molecule has 6 nitrogen and oxygen atoms in total. The van der Waals surface area contributed by atoms with Gasteiger partial charge in [-0.2, -0.15) is 0 Å². The second-order valence-corrected chi connectivity index (χ2v) is 7.32. The number of aryl methyl sites for hydroxylation is 1. The van der Waals surface area contributed by atoms with Gasteiger partial charge in [-0.05, 0) is 30.7 Å². The molecule has 0 radical (unpaired) electrons. The molecule has 1 fully saturated rings. The number of benzene rings is 2. The van der Waals surface area contributed by atoms with Gasteiger partial charge in [0.2, 0.25) is 0 Å². The number of para-hydroxylation sites is 1. The van der Waals surface area contributed by atoms with Crippen LogP contribution >= 0.6 is 0 Å². The smallest absolute Gasteiger partial charge is 0.253 e. The Kier molecular flexibility index (Phi) is 5.83. The number of methoxy groups -OCH3 is 1. The van der Waals surface area contributed by atoms with Crippen molar-refractivity contribution in [2.75, 3.05) is 40.0 Å². The van der Waals surface area contributed by atoms with Crippen molar-refractivity contribution in [1.29, 1.82) is 0 Å². The van der Waals surface area contributed by atoms with E-state index in [0.29, 0.717) is 19.8 Å². The van der Waals surface area contributed by atoms with E-state index in [2.05, 4.69) is 27.3 Å². The minimum absolute atomic E-state index is 0.0493. The van der Waals surface area contributed by atoms with Crippen LogP contribution in [0.5, 0.6) is 5.75 Å².